The number of rotatable bonds is 6. The summed E-state index contributed by atoms with van der Waals surface area (Å²) in [5.74, 6) is 0.0729. The molecule has 8 heteroatoms. The number of para-hydroxylation sites is 1. The van der Waals surface area contributed by atoms with Crippen LogP contribution in [0.1, 0.15) is 35.7 Å². The Morgan fingerprint density at radius 1 is 1.00 bits per heavy atom. The number of hydrogen-bond acceptors (Lipinski definition) is 5. The Bertz CT molecular complexity index is 1360. The van der Waals surface area contributed by atoms with Crippen LogP contribution in [0.4, 0.5) is 10.8 Å². The van der Waals surface area contributed by atoms with E-state index in [1.165, 1.54) is 52.5 Å². The van der Waals surface area contributed by atoms with E-state index in [1.54, 1.807) is 24.3 Å². The lowest BCUT2D eigenvalue weighted by atomic mass is 10.0. The summed E-state index contributed by atoms with van der Waals surface area (Å²) in [6, 6.07) is 20.8. The van der Waals surface area contributed by atoms with Crippen molar-refractivity contribution < 1.29 is 13.2 Å². The van der Waals surface area contributed by atoms with Gasteiger partial charge in [0.15, 0.2) is 5.13 Å². The van der Waals surface area contributed by atoms with E-state index in [9.17, 15) is 13.2 Å². The maximum Gasteiger partial charge on any atom is 0.264 e. The van der Waals surface area contributed by atoms with Crippen LogP contribution in [-0.2, 0) is 10.0 Å². The zero-order valence-corrected chi connectivity index (χ0v) is 19.6. The molecule has 1 amide bonds. The average Bonchev–Trinajstić information content (AvgIpc) is 3.20. The van der Waals surface area contributed by atoms with Crippen molar-refractivity contribution in [2.24, 2.45) is 0 Å². The highest BCUT2D eigenvalue weighted by molar-refractivity contribution is 7.92. The minimum atomic E-state index is -3.73. The predicted octanol–water partition coefficient (Wildman–Crippen LogP) is 5.50. The summed E-state index contributed by atoms with van der Waals surface area (Å²) in [5, 5.41) is 3.32. The molecule has 1 heterocycles. The van der Waals surface area contributed by atoms with Crippen LogP contribution in [0.3, 0.4) is 0 Å². The molecule has 0 saturated heterocycles. The number of sulfonamides is 1. The predicted molar refractivity (Wildman–Crippen MR) is 130 cm³/mol. The first-order valence-electron chi connectivity index (χ1n) is 10.1. The van der Waals surface area contributed by atoms with E-state index in [4.69, 9.17) is 0 Å². The van der Waals surface area contributed by atoms with Gasteiger partial charge in [0, 0.05) is 12.6 Å². The second-order valence-electron chi connectivity index (χ2n) is 7.69. The molecule has 1 N–H and O–H groups in total. The van der Waals surface area contributed by atoms with Gasteiger partial charge in [-0.3, -0.25) is 14.4 Å². The molecule has 6 nitrogen and oxygen atoms in total. The van der Waals surface area contributed by atoms with Gasteiger partial charge in [-0.25, -0.2) is 13.4 Å². The van der Waals surface area contributed by atoms with Gasteiger partial charge in [-0.05, 0) is 60.0 Å². The van der Waals surface area contributed by atoms with E-state index in [1.807, 2.05) is 18.2 Å². The molecule has 0 unspecified atom stereocenters. The fourth-order valence-electron chi connectivity index (χ4n) is 3.24. The van der Waals surface area contributed by atoms with Gasteiger partial charge < -0.3 is 0 Å². The number of aromatic nitrogens is 1. The van der Waals surface area contributed by atoms with Gasteiger partial charge in [-0.1, -0.05) is 49.4 Å². The maximum atomic E-state index is 12.9. The molecule has 0 spiro atoms. The highest BCUT2D eigenvalue weighted by Gasteiger charge is 2.21. The number of carbonyl (C=O) groups excluding carboxylic acids is 1. The fourth-order valence-corrected chi connectivity index (χ4v) is 5.34. The van der Waals surface area contributed by atoms with Gasteiger partial charge in [0.2, 0.25) is 0 Å². The summed E-state index contributed by atoms with van der Waals surface area (Å²) in [6.45, 7) is 4.26. The number of nitrogens with zero attached hydrogens (tertiary/aromatic N) is 2. The molecule has 0 aliphatic rings. The first-order chi connectivity index (χ1) is 15.3. The number of hydrogen-bond donors (Lipinski definition) is 1. The van der Waals surface area contributed by atoms with Crippen LogP contribution >= 0.6 is 11.3 Å². The summed E-state index contributed by atoms with van der Waals surface area (Å²) >= 11 is 1.42. The first kappa shape index (κ1) is 22.0. The third-order valence-electron chi connectivity index (χ3n) is 5.19. The Hall–Kier alpha value is -3.23. The highest BCUT2D eigenvalue weighted by atomic mass is 32.2. The van der Waals surface area contributed by atoms with Crippen LogP contribution in [-0.4, -0.2) is 26.4 Å². The van der Waals surface area contributed by atoms with Crippen LogP contribution in [0.2, 0.25) is 0 Å². The smallest absolute Gasteiger partial charge is 0.264 e. The van der Waals surface area contributed by atoms with Crippen molar-refractivity contribution in [2.45, 2.75) is 24.7 Å². The summed E-state index contributed by atoms with van der Waals surface area (Å²) in [5.41, 5.74) is 2.97. The van der Waals surface area contributed by atoms with Crippen molar-refractivity contribution in [3.63, 3.8) is 0 Å². The van der Waals surface area contributed by atoms with E-state index in [-0.39, 0.29) is 10.8 Å². The number of benzene rings is 3. The third kappa shape index (κ3) is 4.37. The van der Waals surface area contributed by atoms with E-state index in [2.05, 4.69) is 30.2 Å². The number of amides is 1. The third-order valence-corrected chi connectivity index (χ3v) is 7.93. The summed E-state index contributed by atoms with van der Waals surface area (Å²) in [6.07, 6.45) is 0. The van der Waals surface area contributed by atoms with Crippen LogP contribution < -0.4 is 9.62 Å². The van der Waals surface area contributed by atoms with Crippen molar-refractivity contribution in [1.82, 2.24) is 4.98 Å². The normalized spacial score (nSPS) is 11.6. The largest absolute Gasteiger partial charge is 0.298 e. The molecule has 0 bridgehead atoms. The van der Waals surface area contributed by atoms with Crippen LogP contribution in [0, 0.1) is 0 Å². The lowest BCUT2D eigenvalue weighted by molar-refractivity contribution is 0.102. The molecular weight excluding hydrogens is 442 g/mol. The molecule has 3 aromatic carbocycles. The van der Waals surface area contributed by atoms with Crippen molar-refractivity contribution in [3.8, 4) is 0 Å². The lowest BCUT2D eigenvalue weighted by Gasteiger charge is -2.19. The maximum absolute atomic E-state index is 12.9. The minimum Gasteiger partial charge on any atom is -0.298 e. The van der Waals surface area contributed by atoms with Gasteiger partial charge in [0.1, 0.15) is 0 Å². The standard InChI is InChI=1S/C24H23N3O3S2/c1-16(2)18-11-14-21-22(15-18)31-24(25-21)26-23(28)17-9-12-20(13-10-17)32(29,30)27(3)19-7-5-4-6-8-19/h4-16H,1-3H3,(H,25,26,28). The van der Waals surface area contributed by atoms with Crippen molar-refractivity contribution in [3.05, 3.63) is 83.9 Å². The van der Waals surface area contributed by atoms with E-state index in [0.29, 0.717) is 22.3 Å². The SMILES string of the molecule is CC(C)c1ccc2nc(NC(=O)c3ccc(S(=O)(=O)N(C)c4ccccc4)cc3)sc2c1. The van der Waals surface area contributed by atoms with E-state index >= 15 is 0 Å². The number of nitrogens with one attached hydrogen (secondary N) is 1. The molecule has 32 heavy (non-hydrogen) atoms. The van der Waals surface area contributed by atoms with Crippen molar-refractivity contribution in [2.75, 3.05) is 16.7 Å². The molecule has 0 radical (unpaired) electrons. The minimum absolute atomic E-state index is 0.113. The molecule has 1 aromatic heterocycles. The molecule has 164 valence electrons. The van der Waals surface area contributed by atoms with Crippen molar-refractivity contribution >= 4 is 48.3 Å². The Balaban J connectivity index is 1.51. The molecule has 0 saturated carbocycles. The zero-order chi connectivity index (χ0) is 22.9. The first-order valence-corrected chi connectivity index (χ1v) is 12.4. The number of anilines is 2. The molecule has 0 aliphatic heterocycles. The van der Waals surface area contributed by atoms with Gasteiger partial charge in [0.05, 0.1) is 20.8 Å². The van der Waals surface area contributed by atoms with Gasteiger partial charge in [-0.15, -0.1) is 0 Å². The monoisotopic (exact) mass is 465 g/mol. The molecule has 0 atom stereocenters. The Morgan fingerprint density at radius 2 is 1.69 bits per heavy atom. The van der Waals surface area contributed by atoms with Crippen LogP contribution in [0.15, 0.2) is 77.7 Å². The summed E-state index contributed by atoms with van der Waals surface area (Å²) in [4.78, 5) is 17.3. The Kier molecular flexibility index (Phi) is 5.99. The zero-order valence-electron chi connectivity index (χ0n) is 17.9. The quantitative estimate of drug-likeness (QED) is 0.408. The van der Waals surface area contributed by atoms with Crippen LogP contribution in [0.25, 0.3) is 10.2 Å². The Labute approximate surface area is 191 Å². The number of carbonyl (C=O) groups is 1. The highest BCUT2D eigenvalue weighted by Crippen LogP contribution is 2.29. The Morgan fingerprint density at radius 3 is 2.34 bits per heavy atom. The van der Waals surface area contributed by atoms with E-state index < -0.39 is 10.0 Å². The molecular formula is C24H23N3O3S2. The second-order valence-corrected chi connectivity index (χ2v) is 10.7. The molecule has 4 aromatic rings. The molecule has 0 fully saturated rings. The second kappa shape index (κ2) is 8.72. The van der Waals surface area contributed by atoms with Gasteiger partial charge >= 0.3 is 0 Å². The number of fused-ring (bicyclic) bond motifs is 1. The number of thiazole rings is 1. The fraction of sp³-hybridized carbons (Fsp3) is 0.167. The van der Waals surface area contributed by atoms with E-state index in [0.717, 1.165) is 10.2 Å². The average molecular weight is 466 g/mol. The van der Waals surface area contributed by atoms with Gasteiger partial charge in [-0.2, -0.15) is 0 Å². The summed E-state index contributed by atoms with van der Waals surface area (Å²) in [7, 11) is -2.23. The van der Waals surface area contributed by atoms with Crippen molar-refractivity contribution in [1.29, 1.82) is 0 Å². The summed E-state index contributed by atoms with van der Waals surface area (Å²) < 4.78 is 28.0. The van der Waals surface area contributed by atoms with Crippen LogP contribution in [0.5, 0.6) is 0 Å². The van der Waals surface area contributed by atoms with Gasteiger partial charge in [0.25, 0.3) is 15.9 Å². The topological polar surface area (TPSA) is 79.4 Å². The molecule has 0 aliphatic carbocycles. The molecule has 4 rings (SSSR count). The lowest BCUT2D eigenvalue weighted by Crippen LogP contribution is -2.26.